The number of anilines is 1. The molecule has 0 amide bonds. The number of aryl methyl sites for hydroxylation is 1. The van der Waals surface area contributed by atoms with Crippen LogP contribution in [-0.2, 0) is 10.0 Å². The number of benzene rings is 1. The molecule has 19 heavy (non-hydrogen) atoms. The zero-order valence-corrected chi connectivity index (χ0v) is 12.9. The van der Waals surface area contributed by atoms with E-state index in [4.69, 9.17) is 11.6 Å². The third-order valence-electron chi connectivity index (χ3n) is 2.30. The van der Waals surface area contributed by atoms with E-state index in [0.29, 0.717) is 0 Å². The van der Waals surface area contributed by atoms with Crippen molar-refractivity contribution < 1.29 is 8.42 Å². The second-order valence-corrected chi connectivity index (χ2v) is 6.66. The highest BCUT2D eigenvalue weighted by Gasteiger charge is 2.15. The van der Waals surface area contributed by atoms with Gasteiger partial charge in [-0.05, 0) is 30.7 Å². The van der Waals surface area contributed by atoms with Crippen LogP contribution in [0.5, 0.6) is 0 Å². The van der Waals surface area contributed by atoms with Crippen LogP contribution >= 0.6 is 27.5 Å². The van der Waals surface area contributed by atoms with Crippen molar-refractivity contribution in [3.05, 3.63) is 45.8 Å². The molecule has 0 spiro atoms. The second-order valence-electron chi connectivity index (χ2n) is 3.74. The van der Waals surface area contributed by atoms with Gasteiger partial charge < -0.3 is 0 Å². The fourth-order valence-corrected chi connectivity index (χ4v) is 2.77. The smallest absolute Gasteiger partial charge is 0.262 e. The molecule has 0 aliphatic heterocycles. The second kappa shape index (κ2) is 5.44. The molecule has 2 rings (SSSR count). The summed E-state index contributed by atoms with van der Waals surface area (Å²) < 4.78 is 27.4. The first kappa shape index (κ1) is 14.2. The Kier molecular flexibility index (Phi) is 4.07. The Morgan fingerprint density at radius 2 is 2.00 bits per heavy atom. The molecule has 1 aromatic carbocycles. The van der Waals surface area contributed by atoms with Gasteiger partial charge in [0.05, 0.1) is 17.3 Å². The zero-order valence-electron chi connectivity index (χ0n) is 9.76. The number of sulfonamides is 1. The van der Waals surface area contributed by atoms with Crippen molar-refractivity contribution in [2.75, 3.05) is 4.72 Å². The Labute approximate surface area is 124 Å². The van der Waals surface area contributed by atoms with Crippen LogP contribution in [0.15, 0.2) is 40.0 Å². The molecule has 0 unspecified atom stereocenters. The highest BCUT2D eigenvalue weighted by Crippen LogP contribution is 2.21. The maximum Gasteiger partial charge on any atom is 0.263 e. The summed E-state index contributed by atoms with van der Waals surface area (Å²) in [5, 5.41) is 0.197. The molecule has 5 nitrogen and oxygen atoms in total. The summed E-state index contributed by atoms with van der Waals surface area (Å²) >= 11 is 8.90. The lowest BCUT2D eigenvalue weighted by Gasteiger charge is -2.08. The van der Waals surface area contributed by atoms with Crippen LogP contribution in [0.4, 0.5) is 5.82 Å². The number of aromatic nitrogens is 2. The fourth-order valence-electron chi connectivity index (χ4n) is 1.35. The number of hydrogen-bond donors (Lipinski definition) is 1. The van der Waals surface area contributed by atoms with Crippen molar-refractivity contribution in [3.63, 3.8) is 0 Å². The van der Waals surface area contributed by atoms with Gasteiger partial charge in [0.25, 0.3) is 10.0 Å². The van der Waals surface area contributed by atoms with Crippen LogP contribution in [0.2, 0.25) is 5.15 Å². The average Bonchev–Trinajstić information content (AvgIpc) is 2.35. The molecule has 100 valence electrons. The maximum absolute atomic E-state index is 12.1. The lowest BCUT2D eigenvalue weighted by atomic mass is 10.2. The number of hydrogen-bond acceptors (Lipinski definition) is 4. The van der Waals surface area contributed by atoms with E-state index in [1.54, 1.807) is 12.1 Å². The summed E-state index contributed by atoms with van der Waals surface area (Å²) in [7, 11) is -3.68. The first-order valence-electron chi connectivity index (χ1n) is 5.15. The molecule has 0 bridgehead atoms. The predicted molar refractivity (Wildman–Crippen MR) is 76.7 cm³/mol. The zero-order chi connectivity index (χ0) is 14.0. The number of nitrogens with zero attached hydrogens (tertiary/aromatic N) is 2. The Bertz CT molecular complexity index is 704. The fraction of sp³-hybridized carbons (Fsp3) is 0.0909. The number of nitrogens with one attached hydrogen (secondary N) is 1. The van der Waals surface area contributed by atoms with Gasteiger partial charge in [0.2, 0.25) is 0 Å². The molecule has 0 saturated heterocycles. The summed E-state index contributed by atoms with van der Waals surface area (Å²) in [6.07, 6.45) is 2.53. The van der Waals surface area contributed by atoms with E-state index in [9.17, 15) is 8.42 Å². The van der Waals surface area contributed by atoms with Crippen LogP contribution in [0, 0.1) is 6.92 Å². The molecule has 1 aromatic heterocycles. The van der Waals surface area contributed by atoms with E-state index in [1.165, 1.54) is 18.5 Å². The normalized spacial score (nSPS) is 11.3. The van der Waals surface area contributed by atoms with Crippen molar-refractivity contribution in [3.8, 4) is 0 Å². The van der Waals surface area contributed by atoms with Crippen molar-refractivity contribution in [1.29, 1.82) is 0 Å². The van der Waals surface area contributed by atoms with Gasteiger partial charge in [0.1, 0.15) is 5.15 Å². The molecule has 0 radical (unpaired) electrons. The highest BCUT2D eigenvalue weighted by molar-refractivity contribution is 9.10. The Hall–Kier alpha value is -1.18. The van der Waals surface area contributed by atoms with Crippen LogP contribution in [0.3, 0.4) is 0 Å². The third-order valence-corrected chi connectivity index (χ3v) is 4.74. The van der Waals surface area contributed by atoms with E-state index < -0.39 is 10.0 Å². The van der Waals surface area contributed by atoms with Crippen LogP contribution in [0.1, 0.15) is 5.56 Å². The molecule has 0 aliphatic carbocycles. The summed E-state index contributed by atoms with van der Waals surface area (Å²) in [5.41, 5.74) is 0.824. The van der Waals surface area contributed by atoms with Gasteiger partial charge in [-0.1, -0.05) is 27.5 Å². The van der Waals surface area contributed by atoms with Crippen LogP contribution < -0.4 is 4.72 Å². The number of rotatable bonds is 3. The summed E-state index contributed by atoms with van der Waals surface area (Å²) in [5.74, 6) is 0.116. The monoisotopic (exact) mass is 361 g/mol. The van der Waals surface area contributed by atoms with Crippen molar-refractivity contribution in [1.82, 2.24) is 9.97 Å². The summed E-state index contributed by atoms with van der Waals surface area (Å²) in [6, 6.07) is 4.75. The Morgan fingerprint density at radius 1 is 1.26 bits per heavy atom. The molecule has 8 heteroatoms. The van der Waals surface area contributed by atoms with Crippen LogP contribution in [0.25, 0.3) is 0 Å². The van der Waals surface area contributed by atoms with E-state index in [1.807, 2.05) is 6.92 Å². The SMILES string of the molecule is Cc1cc(S(=O)(=O)Nc2cnc(Cl)cn2)ccc1Br. The largest absolute Gasteiger partial charge is 0.263 e. The van der Waals surface area contributed by atoms with Crippen molar-refractivity contribution in [2.24, 2.45) is 0 Å². The van der Waals surface area contributed by atoms with E-state index in [2.05, 4.69) is 30.6 Å². The topological polar surface area (TPSA) is 72.0 Å². The van der Waals surface area contributed by atoms with Gasteiger partial charge in [-0.15, -0.1) is 0 Å². The van der Waals surface area contributed by atoms with E-state index in [0.717, 1.165) is 10.0 Å². The average molecular weight is 363 g/mol. The van der Waals surface area contributed by atoms with Crippen molar-refractivity contribution >= 4 is 43.4 Å². The highest BCUT2D eigenvalue weighted by atomic mass is 79.9. The van der Waals surface area contributed by atoms with Gasteiger partial charge in [-0.25, -0.2) is 18.4 Å². The van der Waals surface area contributed by atoms with Gasteiger partial charge >= 0.3 is 0 Å². The quantitative estimate of drug-likeness (QED) is 0.911. The lowest BCUT2D eigenvalue weighted by Crippen LogP contribution is -2.14. The first-order chi connectivity index (χ1) is 8.88. The predicted octanol–water partition coefficient (Wildman–Crippen LogP) is 3.00. The molecule has 1 heterocycles. The molecule has 0 saturated carbocycles. The van der Waals surface area contributed by atoms with Gasteiger partial charge in [0.15, 0.2) is 5.82 Å². The van der Waals surface area contributed by atoms with Gasteiger partial charge in [-0.3, -0.25) is 4.72 Å². The maximum atomic E-state index is 12.1. The molecule has 1 N–H and O–H groups in total. The Balaban J connectivity index is 2.32. The summed E-state index contributed by atoms with van der Waals surface area (Å²) in [6.45, 7) is 1.81. The van der Waals surface area contributed by atoms with E-state index in [-0.39, 0.29) is 15.9 Å². The molecule has 0 aliphatic rings. The Morgan fingerprint density at radius 3 is 2.58 bits per heavy atom. The molecular weight excluding hydrogens is 354 g/mol. The molecule has 0 atom stereocenters. The summed E-state index contributed by atoms with van der Waals surface area (Å²) in [4.78, 5) is 7.75. The molecule has 0 fully saturated rings. The van der Waals surface area contributed by atoms with Gasteiger partial charge in [-0.2, -0.15) is 0 Å². The van der Waals surface area contributed by atoms with Crippen molar-refractivity contribution in [2.45, 2.75) is 11.8 Å². The minimum Gasteiger partial charge on any atom is -0.262 e. The standard InChI is InChI=1S/C11H9BrClN3O2S/c1-7-4-8(2-3-9(7)12)19(17,18)16-11-6-14-10(13)5-15-11/h2-6H,1H3,(H,15,16). The minimum absolute atomic E-state index is 0.116. The first-order valence-corrected chi connectivity index (χ1v) is 7.80. The van der Waals surface area contributed by atoms with Gasteiger partial charge in [0, 0.05) is 4.47 Å². The molecule has 2 aromatic rings. The third kappa shape index (κ3) is 3.43. The van der Waals surface area contributed by atoms with Crippen LogP contribution in [-0.4, -0.2) is 18.4 Å². The minimum atomic E-state index is -3.68. The number of halogens is 2. The lowest BCUT2D eigenvalue weighted by molar-refractivity contribution is 0.601. The molecular formula is C11H9BrClN3O2S. The van der Waals surface area contributed by atoms with E-state index >= 15 is 0 Å².